The highest BCUT2D eigenvalue weighted by Gasteiger charge is 2.35. The van der Waals surface area contributed by atoms with Gasteiger partial charge in [-0.2, -0.15) is 0 Å². The van der Waals surface area contributed by atoms with Crippen LogP contribution >= 0.6 is 0 Å². The molecule has 1 aromatic rings. The molecule has 1 N–H and O–H groups in total. The van der Waals surface area contributed by atoms with E-state index in [1.54, 1.807) is 16.7 Å². The molecule has 0 aliphatic heterocycles. The number of aromatic nitrogens is 1. The summed E-state index contributed by atoms with van der Waals surface area (Å²) in [5.41, 5.74) is 0.438. The van der Waals surface area contributed by atoms with Gasteiger partial charge in [-0.15, -0.1) is 0 Å². The first kappa shape index (κ1) is 9.46. The largest absolute Gasteiger partial charge is 0.314 e. The van der Waals surface area contributed by atoms with Gasteiger partial charge >= 0.3 is 0 Å². The molecule has 76 valence electrons. The number of pyridine rings is 1. The van der Waals surface area contributed by atoms with E-state index in [4.69, 9.17) is 0 Å². The number of nitrogens with zero attached hydrogens (tertiary/aromatic N) is 1. The number of rotatable bonds is 4. The van der Waals surface area contributed by atoms with E-state index in [0.29, 0.717) is 5.54 Å². The predicted molar refractivity (Wildman–Crippen MR) is 56.3 cm³/mol. The lowest BCUT2D eigenvalue weighted by molar-refractivity contribution is 0.499. The number of nitrogens with one attached hydrogen (secondary N) is 1. The van der Waals surface area contributed by atoms with Gasteiger partial charge in [0.2, 0.25) is 0 Å². The van der Waals surface area contributed by atoms with E-state index in [1.165, 1.54) is 12.8 Å². The fourth-order valence-electron chi connectivity index (χ4n) is 1.49. The van der Waals surface area contributed by atoms with E-state index in [1.807, 2.05) is 12.3 Å². The Kier molecular flexibility index (Phi) is 2.42. The van der Waals surface area contributed by atoms with Gasteiger partial charge < -0.3 is 9.88 Å². The van der Waals surface area contributed by atoms with E-state index in [0.717, 1.165) is 13.1 Å². The van der Waals surface area contributed by atoms with Crippen molar-refractivity contribution in [3.05, 3.63) is 34.7 Å². The van der Waals surface area contributed by atoms with Crippen LogP contribution in [0.2, 0.25) is 0 Å². The fraction of sp³-hybridized carbons (Fsp3) is 0.545. The quantitative estimate of drug-likeness (QED) is 0.772. The number of hydrogen-bond donors (Lipinski definition) is 1. The van der Waals surface area contributed by atoms with Crippen molar-refractivity contribution in [2.75, 3.05) is 6.54 Å². The Hall–Kier alpha value is -1.09. The standard InChI is InChI=1S/C11H16N2O/c1-11(5-6-11)12-7-9-13-8-3-2-4-10(13)14/h2-4,8,12H,5-7,9H2,1H3. The molecule has 1 aliphatic rings. The molecule has 3 nitrogen and oxygen atoms in total. The minimum absolute atomic E-state index is 0.0789. The topological polar surface area (TPSA) is 34.0 Å². The van der Waals surface area contributed by atoms with Crippen LogP contribution < -0.4 is 10.9 Å². The van der Waals surface area contributed by atoms with Gasteiger partial charge in [0.15, 0.2) is 0 Å². The highest BCUT2D eigenvalue weighted by molar-refractivity contribution is 4.98. The zero-order valence-corrected chi connectivity index (χ0v) is 8.49. The summed E-state index contributed by atoms with van der Waals surface area (Å²) in [6, 6.07) is 5.26. The van der Waals surface area contributed by atoms with Gasteiger partial charge in [-0.3, -0.25) is 4.79 Å². The lowest BCUT2D eigenvalue weighted by atomic mass is 10.3. The molecule has 2 rings (SSSR count). The van der Waals surface area contributed by atoms with Crippen molar-refractivity contribution in [3.8, 4) is 0 Å². The van der Waals surface area contributed by atoms with Crippen LogP contribution in [0, 0.1) is 0 Å². The van der Waals surface area contributed by atoms with Crippen molar-refractivity contribution in [2.45, 2.75) is 31.8 Å². The van der Waals surface area contributed by atoms with Crippen LogP contribution in [0.4, 0.5) is 0 Å². The smallest absolute Gasteiger partial charge is 0.250 e. The molecule has 0 spiro atoms. The van der Waals surface area contributed by atoms with Crippen molar-refractivity contribution in [3.63, 3.8) is 0 Å². The third-order valence-corrected chi connectivity index (χ3v) is 2.80. The molecule has 0 atom stereocenters. The van der Waals surface area contributed by atoms with Crippen molar-refractivity contribution in [1.29, 1.82) is 0 Å². The Morgan fingerprint density at radius 2 is 2.29 bits per heavy atom. The summed E-state index contributed by atoms with van der Waals surface area (Å²) in [6.45, 7) is 3.86. The summed E-state index contributed by atoms with van der Waals surface area (Å²) in [4.78, 5) is 11.3. The maximum absolute atomic E-state index is 11.3. The lowest BCUT2D eigenvalue weighted by Gasteiger charge is -2.11. The van der Waals surface area contributed by atoms with Gasteiger partial charge in [-0.1, -0.05) is 6.07 Å². The Morgan fingerprint density at radius 1 is 1.50 bits per heavy atom. The molecule has 0 unspecified atom stereocenters. The maximum atomic E-state index is 11.3. The second-order valence-electron chi connectivity index (χ2n) is 4.22. The average molecular weight is 192 g/mol. The van der Waals surface area contributed by atoms with E-state index in [-0.39, 0.29) is 5.56 Å². The molecule has 1 aromatic heterocycles. The van der Waals surface area contributed by atoms with E-state index in [2.05, 4.69) is 12.2 Å². The van der Waals surface area contributed by atoms with Crippen molar-refractivity contribution in [1.82, 2.24) is 9.88 Å². The predicted octanol–water partition coefficient (Wildman–Crippen LogP) is 0.990. The Bertz CT molecular complexity index is 366. The monoisotopic (exact) mass is 192 g/mol. The van der Waals surface area contributed by atoms with E-state index >= 15 is 0 Å². The van der Waals surface area contributed by atoms with Gasteiger partial charge in [0.05, 0.1) is 0 Å². The average Bonchev–Trinajstić information content (AvgIpc) is 2.88. The second-order valence-corrected chi connectivity index (χ2v) is 4.22. The Labute approximate surface area is 83.8 Å². The molecule has 14 heavy (non-hydrogen) atoms. The van der Waals surface area contributed by atoms with Gasteiger partial charge in [-0.25, -0.2) is 0 Å². The first-order valence-corrected chi connectivity index (χ1v) is 5.10. The van der Waals surface area contributed by atoms with Gasteiger partial charge in [-0.05, 0) is 25.8 Å². The molecule has 1 heterocycles. The van der Waals surface area contributed by atoms with Gasteiger partial charge in [0.1, 0.15) is 0 Å². The molecule has 0 amide bonds. The van der Waals surface area contributed by atoms with Crippen LogP contribution in [-0.2, 0) is 6.54 Å². The summed E-state index contributed by atoms with van der Waals surface area (Å²) in [7, 11) is 0. The van der Waals surface area contributed by atoms with Crippen molar-refractivity contribution in [2.24, 2.45) is 0 Å². The first-order chi connectivity index (χ1) is 6.70. The van der Waals surface area contributed by atoms with E-state index < -0.39 is 0 Å². The van der Waals surface area contributed by atoms with Crippen molar-refractivity contribution >= 4 is 0 Å². The highest BCUT2D eigenvalue weighted by Crippen LogP contribution is 2.33. The highest BCUT2D eigenvalue weighted by atomic mass is 16.1. The first-order valence-electron chi connectivity index (χ1n) is 5.10. The summed E-state index contributed by atoms with van der Waals surface area (Å²) >= 11 is 0. The zero-order valence-electron chi connectivity index (χ0n) is 8.49. The lowest BCUT2D eigenvalue weighted by Crippen LogP contribution is -2.33. The van der Waals surface area contributed by atoms with Crippen LogP contribution in [0.15, 0.2) is 29.2 Å². The molecule has 3 heteroatoms. The summed E-state index contributed by atoms with van der Waals surface area (Å²) in [5.74, 6) is 0. The van der Waals surface area contributed by atoms with Crippen molar-refractivity contribution < 1.29 is 0 Å². The molecule has 1 saturated carbocycles. The SMILES string of the molecule is CC1(NCCn2ccccc2=O)CC1. The summed E-state index contributed by atoms with van der Waals surface area (Å²) < 4.78 is 1.73. The van der Waals surface area contributed by atoms with Gasteiger partial charge in [0, 0.05) is 30.9 Å². The normalized spacial score (nSPS) is 18.1. The summed E-state index contributed by atoms with van der Waals surface area (Å²) in [5, 5.41) is 3.45. The third-order valence-electron chi connectivity index (χ3n) is 2.80. The van der Waals surface area contributed by atoms with Crippen LogP contribution in [0.5, 0.6) is 0 Å². The molecular weight excluding hydrogens is 176 g/mol. The van der Waals surface area contributed by atoms with Crippen LogP contribution in [0.3, 0.4) is 0 Å². The molecule has 0 bridgehead atoms. The van der Waals surface area contributed by atoms with E-state index in [9.17, 15) is 4.79 Å². The molecular formula is C11H16N2O. The second kappa shape index (κ2) is 3.58. The maximum Gasteiger partial charge on any atom is 0.250 e. The zero-order chi connectivity index (χ0) is 10.0. The minimum Gasteiger partial charge on any atom is -0.314 e. The van der Waals surface area contributed by atoms with Crippen LogP contribution in [0.25, 0.3) is 0 Å². The number of hydrogen-bond acceptors (Lipinski definition) is 2. The Balaban J connectivity index is 1.86. The molecule has 1 aliphatic carbocycles. The van der Waals surface area contributed by atoms with Crippen LogP contribution in [0.1, 0.15) is 19.8 Å². The molecule has 0 saturated heterocycles. The molecule has 0 radical (unpaired) electrons. The minimum atomic E-state index is 0.0789. The van der Waals surface area contributed by atoms with Crippen LogP contribution in [-0.4, -0.2) is 16.7 Å². The molecule has 1 fully saturated rings. The van der Waals surface area contributed by atoms with Gasteiger partial charge in [0.25, 0.3) is 5.56 Å². The molecule has 0 aromatic carbocycles. The Morgan fingerprint density at radius 3 is 2.93 bits per heavy atom. The summed E-state index contributed by atoms with van der Waals surface area (Å²) in [6.07, 6.45) is 4.35. The fourth-order valence-corrected chi connectivity index (χ4v) is 1.49. The third kappa shape index (κ3) is 2.23.